The van der Waals surface area contributed by atoms with E-state index in [1.807, 2.05) is 0 Å². The van der Waals surface area contributed by atoms with Gasteiger partial charge in [-0.25, -0.2) is 8.78 Å². The Morgan fingerprint density at radius 2 is 2.00 bits per heavy atom. The summed E-state index contributed by atoms with van der Waals surface area (Å²) in [6.07, 6.45) is 1.46. The number of halogens is 3. The van der Waals surface area contributed by atoms with E-state index in [9.17, 15) is 8.78 Å². The first-order valence-corrected chi connectivity index (χ1v) is 6.35. The molecular weight excluding hydrogens is 336 g/mol. The molecule has 2 rings (SSSR count). The van der Waals surface area contributed by atoms with Crippen molar-refractivity contribution >= 4 is 44.5 Å². The zero-order chi connectivity index (χ0) is 14.0. The molecule has 3 nitrogen and oxygen atoms in total. The minimum atomic E-state index is -0.695. The van der Waals surface area contributed by atoms with E-state index < -0.39 is 11.6 Å². The summed E-state index contributed by atoms with van der Waals surface area (Å²) in [5, 5.41) is 2.79. The van der Waals surface area contributed by atoms with Crippen molar-refractivity contribution in [3.63, 3.8) is 0 Å². The van der Waals surface area contributed by atoms with Crippen LogP contribution in [0.1, 0.15) is 5.69 Å². The van der Waals surface area contributed by atoms with Crippen LogP contribution >= 0.6 is 28.1 Å². The average Bonchev–Trinajstić information content (AvgIpc) is 2.36. The fourth-order valence-corrected chi connectivity index (χ4v) is 1.85. The van der Waals surface area contributed by atoms with Gasteiger partial charge in [0.05, 0.1) is 27.7 Å². The van der Waals surface area contributed by atoms with E-state index in [-0.39, 0.29) is 15.1 Å². The summed E-state index contributed by atoms with van der Waals surface area (Å²) in [5.74, 6) is -1.36. The fraction of sp³-hybridized carbons (Fsp3) is 0. The topological polar surface area (TPSA) is 50.9 Å². The van der Waals surface area contributed by atoms with Crippen LogP contribution in [-0.4, -0.2) is 9.97 Å². The Morgan fingerprint density at radius 3 is 2.58 bits per heavy atom. The van der Waals surface area contributed by atoms with E-state index >= 15 is 0 Å². The molecule has 0 fully saturated rings. The molecule has 7 heteroatoms. The lowest BCUT2D eigenvalue weighted by Gasteiger charge is -2.08. The van der Waals surface area contributed by atoms with E-state index in [0.717, 1.165) is 6.07 Å². The maximum atomic E-state index is 13.5. The van der Waals surface area contributed by atoms with E-state index in [0.29, 0.717) is 11.4 Å². The van der Waals surface area contributed by atoms with Gasteiger partial charge in [-0.1, -0.05) is 12.2 Å². The van der Waals surface area contributed by atoms with Crippen molar-refractivity contribution in [1.82, 2.24) is 4.98 Å². The summed E-state index contributed by atoms with van der Waals surface area (Å²) < 4.78 is 26.8. The van der Waals surface area contributed by atoms with Gasteiger partial charge in [0.1, 0.15) is 16.6 Å². The maximum absolute atomic E-state index is 13.5. The number of nitrogens with zero attached hydrogens (tertiary/aromatic N) is 1. The van der Waals surface area contributed by atoms with Gasteiger partial charge in [0, 0.05) is 6.07 Å². The number of rotatable bonds is 3. The molecule has 98 valence electrons. The van der Waals surface area contributed by atoms with Crippen molar-refractivity contribution in [3.05, 3.63) is 52.3 Å². The Hall–Kier alpha value is -1.60. The van der Waals surface area contributed by atoms with Gasteiger partial charge in [0.15, 0.2) is 0 Å². The number of anilines is 2. The van der Waals surface area contributed by atoms with Gasteiger partial charge in [-0.05, 0) is 34.1 Å². The number of pyridine rings is 1. The quantitative estimate of drug-likeness (QED) is 0.661. The number of nitrogens with two attached hydrogens (primary N) is 1. The van der Waals surface area contributed by atoms with Crippen LogP contribution in [0.5, 0.6) is 0 Å². The number of hydrogen-bond donors (Lipinski definition) is 2. The monoisotopic (exact) mass is 343 g/mol. The summed E-state index contributed by atoms with van der Waals surface area (Å²) in [5.41, 5.74) is 6.57. The molecule has 0 unspecified atom stereocenters. The molecule has 19 heavy (non-hydrogen) atoms. The van der Waals surface area contributed by atoms with Gasteiger partial charge in [-0.2, -0.15) is 0 Å². The zero-order valence-electron chi connectivity index (χ0n) is 9.45. The fourth-order valence-electron chi connectivity index (χ4n) is 1.39. The molecule has 3 N–H and O–H groups in total. The Bertz CT molecular complexity index is 632. The Labute approximate surface area is 122 Å². The predicted octanol–water partition coefficient (Wildman–Crippen LogP) is 3.50. The largest absolute Gasteiger partial charge is 0.388 e. The smallest absolute Gasteiger partial charge is 0.149 e. The first-order valence-electron chi connectivity index (χ1n) is 5.15. The van der Waals surface area contributed by atoms with Crippen molar-refractivity contribution in [2.24, 2.45) is 5.73 Å². The van der Waals surface area contributed by atoms with Gasteiger partial charge in [-0.15, -0.1) is 0 Å². The molecular formula is C12H8BrF2N3S. The molecule has 0 saturated heterocycles. The number of hydrogen-bond acceptors (Lipinski definition) is 3. The summed E-state index contributed by atoms with van der Waals surface area (Å²) in [4.78, 5) is 4.19. The Morgan fingerprint density at radius 1 is 1.26 bits per heavy atom. The third-order valence-electron chi connectivity index (χ3n) is 2.30. The van der Waals surface area contributed by atoms with Gasteiger partial charge in [0.2, 0.25) is 0 Å². The van der Waals surface area contributed by atoms with Crippen LogP contribution in [-0.2, 0) is 0 Å². The molecule has 0 aliphatic carbocycles. The third-order valence-corrected chi connectivity index (χ3v) is 3.12. The minimum Gasteiger partial charge on any atom is -0.388 e. The van der Waals surface area contributed by atoms with E-state index in [1.165, 1.54) is 12.3 Å². The number of nitrogens with one attached hydrogen (secondary N) is 1. The molecule has 2 aromatic rings. The lowest BCUT2D eigenvalue weighted by Crippen LogP contribution is -2.11. The van der Waals surface area contributed by atoms with Crippen LogP contribution in [0, 0.1) is 11.6 Å². The molecule has 0 aliphatic heterocycles. The summed E-state index contributed by atoms with van der Waals surface area (Å²) in [6.45, 7) is 0. The van der Waals surface area contributed by atoms with Gasteiger partial charge in [0.25, 0.3) is 0 Å². The second-order valence-corrected chi connectivity index (χ2v) is 4.96. The van der Waals surface area contributed by atoms with Crippen molar-refractivity contribution in [3.8, 4) is 0 Å². The van der Waals surface area contributed by atoms with E-state index in [2.05, 4.69) is 26.2 Å². The van der Waals surface area contributed by atoms with Crippen LogP contribution in [0.4, 0.5) is 20.2 Å². The Kier molecular flexibility index (Phi) is 4.06. The lowest BCUT2D eigenvalue weighted by molar-refractivity contribution is 0.581. The first-order chi connectivity index (χ1) is 8.97. The maximum Gasteiger partial charge on any atom is 0.149 e. The molecule has 0 amide bonds. The zero-order valence-corrected chi connectivity index (χ0v) is 11.9. The molecule has 1 heterocycles. The summed E-state index contributed by atoms with van der Waals surface area (Å²) in [7, 11) is 0. The van der Waals surface area contributed by atoms with E-state index in [4.69, 9.17) is 18.0 Å². The average molecular weight is 344 g/mol. The highest BCUT2D eigenvalue weighted by Gasteiger charge is 2.08. The second-order valence-electron chi connectivity index (χ2n) is 3.67. The van der Waals surface area contributed by atoms with Crippen LogP contribution in [0.15, 0.2) is 34.9 Å². The molecule has 0 spiro atoms. The van der Waals surface area contributed by atoms with Gasteiger partial charge >= 0.3 is 0 Å². The third kappa shape index (κ3) is 3.24. The minimum absolute atomic E-state index is 0.137. The molecule has 0 saturated carbocycles. The van der Waals surface area contributed by atoms with Crippen LogP contribution in [0.2, 0.25) is 0 Å². The number of thiocarbonyl (C=S) groups is 1. The van der Waals surface area contributed by atoms with Crippen LogP contribution in [0.25, 0.3) is 0 Å². The van der Waals surface area contributed by atoms with Crippen LogP contribution < -0.4 is 11.1 Å². The lowest BCUT2D eigenvalue weighted by atomic mass is 10.2. The van der Waals surface area contributed by atoms with Gasteiger partial charge < -0.3 is 11.1 Å². The Balaban J connectivity index is 2.26. The van der Waals surface area contributed by atoms with Gasteiger partial charge in [-0.3, -0.25) is 4.98 Å². The second kappa shape index (κ2) is 5.58. The highest BCUT2D eigenvalue weighted by molar-refractivity contribution is 9.10. The first kappa shape index (κ1) is 13.8. The molecule has 0 atom stereocenters. The molecule has 0 bridgehead atoms. The molecule has 0 radical (unpaired) electrons. The summed E-state index contributed by atoms with van der Waals surface area (Å²) >= 11 is 7.77. The molecule has 1 aromatic carbocycles. The van der Waals surface area contributed by atoms with E-state index in [1.54, 1.807) is 12.1 Å². The predicted molar refractivity (Wildman–Crippen MR) is 77.5 cm³/mol. The van der Waals surface area contributed by atoms with Crippen molar-refractivity contribution in [2.75, 3.05) is 5.32 Å². The van der Waals surface area contributed by atoms with Crippen molar-refractivity contribution in [1.29, 1.82) is 0 Å². The SMILES string of the molecule is NC(=S)c1ccc(Nc2cc(Br)c(F)cc2F)cn1. The number of aromatic nitrogens is 1. The van der Waals surface area contributed by atoms with Crippen molar-refractivity contribution < 1.29 is 8.78 Å². The summed E-state index contributed by atoms with van der Waals surface area (Å²) in [6, 6.07) is 5.37. The standard InChI is InChI=1S/C12H8BrF2N3S/c13-7-3-11(9(15)4-8(7)14)18-6-1-2-10(12(16)19)17-5-6/h1-5,18H,(H2,16,19). The highest BCUT2D eigenvalue weighted by atomic mass is 79.9. The van der Waals surface area contributed by atoms with Crippen molar-refractivity contribution in [2.45, 2.75) is 0 Å². The number of benzene rings is 1. The molecule has 1 aromatic heterocycles. The highest BCUT2D eigenvalue weighted by Crippen LogP contribution is 2.26. The normalized spacial score (nSPS) is 10.3. The molecule has 0 aliphatic rings. The van der Waals surface area contributed by atoms with Crippen LogP contribution in [0.3, 0.4) is 0 Å².